The molecule has 0 amide bonds. The van der Waals surface area contributed by atoms with Crippen LogP contribution < -0.4 is 0 Å². The maximum absolute atomic E-state index is 2.40. The molecule has 0 aliphatic heterocycles. The molecule has 0 radical (unpaired) electrons. The Bertz CT molecular complexity index is 350. The summed E-state index contributed by atoms with van der Waals surface area (Å²) in [5, 5.41) is 0. The van der Waals surface area contributed by atoms with Gasteiger partial charge in [0.2, 0.25) is 0 Å². The molecule has 0 fully saturated rings. The van der Waals surface area contributed by atoms with Crippen molar-refractivity contribution in [2.75, 3.05) is 0 Å². The van der Waals surface area contributed by atoms with E-state index in [0.717, 1.165) is 6.42 Å². The van der Waals surface area contributed by atoms with Crippen molar-refractivity contribution >= 4 is 22.6 Å². The second-order valence-electron chi connectivity index (χ2n) is 3.18. The van der Waals surface area contributed by atoms with Crippen LogP contribution in [0.25, 0.3) is 0 Å². The van der Waals surface area contributed by atoms with Crippen molar-refractivity contribution in [1.82, 2.24) is 0 Å². The third-order valence-corrected chi connectivity index (χ3v) is 3.27. The molecule has 1 heteroatoms. The van der Waals surface area contributed by atoms with Crippen LogP contribution in [0.4, 0.5) is 0 Å². The Morgan fingerprint density at radius 3 is 2.69 bits per heavy atom. The molecule has 0 bridgehead atoms. The van der Waals surface area contributed by atoms with E-state index in [-0.39, 0.29) is 0 Å². The summed E-state index contributed by atoms with van der Waals surface area (Å²) < 4.78 is 1.37. The van der Waals surface area contributed by atoms with E-state index in [4.69, 9.17) is 0 Å². The Labute approximate surface area is 92.5 Å². The first-order chi connectivity index (χ1) is 6.38. The van der Waals surface area contributed by atoms with Crippen LogP contribution in [-0.4, -0.2) is 0 Å². The highest BCUT2D eigenvalue weighted by Gasteiger charge is 2.10. The minimum atomic E-state index is 0.582. The molecule has 0 heterocycles. The van der Waals surface area contributed by atoms with Gasteiger partial charge in [-0.15, -0.1) is 0 Å². The van der Waals surface area contributed by atoms with Crippen molar-refractivity contribution < 1.29 is 0 Å². The van der Waals surface area contributed by atoms with Gasteiger partial charge in [-0.1, -0.05) is 42.5 Å². The first kappa shape index (κ1) is 9.00. The van der Waals surface area contributed by atoms with Gasteiger partial charge in [-0.3, -0.25) is 0 Å². The monoisotopic (exact) mass is 282 g/mol. The quantitative estimate of drug-likeness (QED) is 0.685. The van der Waals surface area contributed by atoms with Crippen LogP contribution in [0.2, 0.25) is 0 Å². The van der Waals surface area contributed by atoms with Crippen LogP contribution in [0.1, 0.15) is 17.9 Å². The van der Waals surface area contributed by atoms with Crippen molar-refractivity contribution in [3.05, 3.63) is 57.7 Å². The second kappa shape index (κ2) is 4.09. The zero-order valence-corrected chi connectivity index (χ0v) is 9.44. The van der Waals surface area contributed by atoms with Crippen LogP contribution >= 0.6 is 22.6 Å². The van der Waals surface area contributed by atoms with Crippen molar-refractivity contribution in [3.8, 4) is 0 Å². The number of benzene rings is 1. The predicted molar refractivity (Wildman–Crippen MR) is 64.8 cm³/mol. The average Bonchev–Trinajstić information content (AvgIpc) is 2.20. The molecule has 1 atom stereocenters. The van der Waals surface area contributed by atoms with E-state index in [1.54, 1.807) is 0 Å². The number of rotatable bonds is 1. The fraction of sp³-hybridized carbons (Fsp3) is 0.167. The maximum Gasteiger partial charge on any atom is 0.0168 e. The van der Waals surface area contributed by atoms with E-state index in [9.17, 15) is 0 Å². The number of allylic oxidation sites excluding steroid dienone is 4. The Hall–Kier alpha value is -0.570. The maximum atomic E-state index is 2.40. The summed E-state index contributed by atoms with van der Waals surface area (Å²) >= 11 is 2.40. The van der Waals surface area contributed by atoms with E-state index >= 15 is 0 Å². The summed E-state index contributed by atoms with van der Waals surface area (Å²) in [5.74, 6) is 0.582. The average molecular weight is 282 g/mol. The number of halogens is 1. The lowest BCUT2D eigenvalue weighted by Crippen LogP contribution is -1.98. The molecule has 0 unspecified atom stereocenters. The van der Waals surface area contributed by atoms with Crippen molar-refractivity contribution in [2.24, 2.45) is 0 Å². The largest absolute Gasteiger partial charge is 0.0836 e. The lowest BCUT2D eigenvalue weighted by Gasteiger charge is -2.14. The van der Waals surface area contributed by atoms with Gasteiger partial charge in [-0.25, -0.2) is 0 Å². The highest BCUT2D eigenvalue weighted by molar-refractivity contribution is 14.1. The Morgan fingerprint density at radius 1 is 1.15 bits per heavy atom. The lowest BCUT2D eigenvalue weighted by atomic mass is 9.93. The van der Waals surface area contributed by atoms with Gasteiger partial charge in [-0.05, 0) is 40.6 Å². The van der Waals surface area contributed by atoms with Gasteiger partial charge in [0.05, 0.1) is 0 Å². The van der Waals surface area contributed by atoms with Crippen LogP contribution in [0.15, 0.2) is 48.6 Å². The fourth-order valence-corrected chi connectivity index (χ4v) is 2.37. The third-order valence-electron chi connectivity index (χ3n) is 2.29. The van der Waals surface area contributed by atoms with Crippen molar-refractivity contribution in [1.29, 1.82) is 0 Å². The lowest BCUT2D eigenvalue weighted by molar-refractivity contribution is 0.848. The zero-order chi connectivity index (χ0) is 9.10. The molecule has 0 aromatic heterocycles. The highest BCUT2D eigenvalue weighted by atomic mass is 127. The van der Waals surface area contributed by atoms with E-state index in [2.05, 4.69) is 71.2 Å². The Kier molecular flexibility index (Phi) is 2.83. The first-order valence-electron chi connectivity index (χ1n) is 4.45. The molecule has 0 N–H and O–H groups in total. The van der Waals surface area contributed by atoms with Crippen LogP contribution in [-0.2, 0) is 0 Å². The number of hydrogen-bond acceptors (Lipinski definition) is 0. The topological polar surface area (TPSA) is 0 Å². The SMILES string of the molecule is Ic1ccccc1[C@H]1C=CC=CC1. The van der Waals surface area contributed by atoms with Crippen LogP contribution in [0.3, 0.4) is 0 Å². The molecule has 0 spiro atoms. The van der Waals surface area contributed by atoms with E-state index in [0.29, 0.717) is 5.92 Å². The molecule has 2 rings (SSSR count). The molecule has 0 saturated heterocycles. The van der Waals surface area contributed by atoms with Gasteiger partial charge in [0.1, 0.15) is 0 Å². The molecule has 13 heavy (non-hydrogen) atoms. The van der Waals surface area contributed by atoms with Gasteiger partial charge in [-0.2, -0.15) is 0 Å². The van der Waals surface area contributed by atoms with E-state index in [1.165, 1.54) is 9.13 Å². The summed E-state index contributed by atoms with van der Waals surface area (Å²) in [5.41, 5.74) is 1.45. The minimum absolute atomic E-state index is 0.582. The summed E-state index contributed by atoms with van der Waals surface area (Å²) in [7, 11) is 0. The van der Waals surface area contributed by atoms with Crippen LogP contribution in [0, 0.1) is 3.57 Å². The number of hydrogen-bond donors (Lipinski definition) is 0. The van der Waals surface area contributed by atoms with Crippen molar-refractivity contribution in [2.45, 2.75) is 12.3 Å². The first-order valence-corrected chi connectivity index (χ1v) is 5.53. The highest BCUT2D eigenvalue weighted by Crippen LogP contribution is 2.27. The van der Waals surface area contributed by atoms with Gasteiger partial charge in [0, 0.05) is 9.49 Å². The Balaban J connectivity index is 2.30. The minimum Gasteiger partial charge on any atom is -0.0836 e. The normalized spacial score (nSPS) is 20.5. The summed E-state index contributed by atoms with van der Waals surface area (Å²) in [6.07, 6.45) is 9.89. The van der Waals surface area contributed by atoms with Gasteiger partial charge < -0.3 is 0 Å². The van der Waals surface area contributed by atoms with Crippen molar-refractivity contribution in [3.63, 3.8) is 0 Å². The summed E-state index contributed by atoms with van der Waals surface area (Å²) in [6, 6.07) is 8.59. The molecule has 1 aromatic rings. The third kappa shape index (κ3) is 2.02. The molecular formula is C12H11I. The van der Waals surface area contributed by atoms with Gasteiger partial charge in [0.25, 0.3) is 0 Å². The summed E-state index contributed by atoms with van der Waals surface area (Å²) in [4.78, 5) is 0. The zero-order valence-electron chi connectivity index (χ0n) is 7.28. The predicted octanol–water partition coefficient (Wildman–Crippen LogP) is 3.89. The fourth-order valence-electron chi connectivity index (χ4n) is 1.59. The summed E-state index contributed by atoms with van der Waals surface area (Å²) in [6.45, 7) is 0. The molecular weight excluding hydrogens is 271 g/mol. The molecule has 0 saturated carbocycles. The molecule has 66 valence electrons. The second-order valence-corrected chi connectivity index (χ2v) is 4.34. The van der Waals surface area contributed by atoms with Crippen LogP contribution in [0.5, 0.6) is 0 Å². The van der Waals surface area contributed by atoms with E-state index in [1.807, 2.05) is 0 Å². The van der Waals surface area contributed by atoms with E-state index < -0.39 is 0 Å². The Morgan fingerprint density at radius 2 is 2.00 bits per heavy atom. The smallest absolute Gasteiger partial charge is 0.0168 e. The molecule has 1 aliphatic carbocycles. The van der Waals surface area contributed by atoms with Gasteiger partial charge in [0.15, 0.2) is 0 Å². The standard InChI is InChI=1S/C12H11I/c13-12-9-5-4-8-11(12)10-6-2-1-3-7-10/h1-6,8-10H,7H2/t10-/m0/s1. The molecule has 0 nitrogen and oxygen atoms in total. The molecule has 1 aliphatic rings. The molecule has 1 aromatic carbocycles. The van der Waals surface area contributed by atoms with Gasteiger partial charge >= 0.3 is 0 Å².